The van der Waals surface area contributed by atoms with Crippen molar-refractivity contribution < 1.29 is 4.74 Å². The minimum atomic E-state index is 0.794. The van der Waals surface area contributed by atoms with Gasteiger partial charge in [-0.15, -0.1) is 0 Å². The van der Waals surface area contributed by atoms with Gasteiger partial charge in [-0.2, -0.15) is 0 Å². The fourth-order valence-electron chi connectivity index (χ4n) is 2.67. The van der Waals surface area contributed by atoms with Gasteiger partial charge in [0, 0.05) is 38.1 Å². The van der Waals surface area contributed by atoms with Crippen LogP contribution in [0.4, 0.5) is 0 Å². The van der Waals surface area contributed by atoms with E-state index in [4.69, 9.17) is 9.73 Å². The van der Waals surface area contributed by atoms with Crippen molar-refractivity contribution in [3.8, 4) is 0 Å². The van der Waals surface area contributed by atoms with E-state index in [1.807, 2.05) is 71.2 Å². The van der Waals surface area contributed by atoms with Crippen LogP contribution in [-0.2, 0) is 4.74 Å². The first-order chi connectivity index (χ1) is 15.3. The molecule has 0 unspecified atom stereocenters. The summed E-state index contributed by atoms with van der Waals surface area (Å²) in [5.41, 5.74) is 6.49. The van der Waals surface area contributed by atoms with Gasteiger partial charge in [-0.25, -0.2) is 0 Å². The van der Waals surface area contributed by atoms with Gasteiger partial charge in [-0.1, -0.05) is 62.1 Å². The predicted octanol–water partition coefficient (Wildman–Crippen LogP) is 6.39. The molecule has 0 aromatic carbocycles. The van der Waals surface area contributed by atoms with Gasteiger partial charge in [0.2, 0.25) is 0 Å². The molecule has 0 aliphatic carbocycles. The lowest BCUT2D eigenvalue weighted by molar-refractivity contribution is 0.0421. The molecule has 1 aliphatic rings. The van der Waals surface area contributed by atoms with E-state index in [9.17, 15) is 0 Å². The molecule has 1 saturated heterocycles. The highest BCUT2D eigenvalue weighted by Gasteiger charge is 2.15. The molecule has 1 rings (SSSR count). The van der Waals surface area contributed by atoms with Crippen molar-refractivity contribution in [2.45, 2.75) is 48.0 Å². The van der Waals surface area contributed by atoms with Crippen LogP contribution in [0.15, 0.2) is 88.8 Å². The van der Waals surface area contributed by atoms with Crippen LogP contribution in [0.1, 0.15) is 48.0 Å². The van der Waals surface area contributed by atoms with Gasteiger partial charge < -0.3 is 10.1 Å². The molecule has 4 heteroatoms. The van der Waals surface area contributed by atoms with Gasteiger partial charge >= 0.3 is 0 Å². The maximum Gasteiger partial charge on any atom is 0.0596 e. The average molecular weight is 440 g/mol. The second kappa shape index (κ2) is 18.2. The zero-order chi connectivity index (χ0) is 24.4. The molecule has 1 aliphatic heterocycles. The number of rotatable bonds is 10. The van der Waals surface area contributed by atoms with E-state index in [-0.39, 0.29) is 0 Å². The Kier molecular flexibility index (Phi) is 16.8. The van der Waals surface area contributed by atoms with Crippen LogP contribution in [0.25, 0.3) is 0 Å². The first-order valence-electron chi connectivity index (χ1n) is 11.5. The van der Waals surface area contributed by atoms with Crippen LogP contribution in [0.5, 0.6) is 0 Å². The summed E-state index contributed by atoms with van der Waals surface area (Å²) in [6, 6.07) is 0. The highest BCUT2D eigenvalue weighted by molar-refractivity contribution is 5.97. The lowest BCUT2D eigenvalue weighted by Crippen LogP contribution is -2.37. The first kappa shape index (κ1) is 29.6. The van der Waals surface area contributed by atoms with Crippen molar-refractivity contribution in [1.82, 2.24) is 10.2 Å². The summed E-state index contributed by atoms with van der Waals surface area (Å²) in [6.45, 7) is 24.4. The fraction of sp³-hybridized carbons (Fsp3) is 0.464. The fourth-order valence-corrected chi connectivity index (χ4v) is 2.67. The molecule has 0 aromatic heterocycles. The van der Waals surface area contributed by atoms with Gasteiger partial charge in [0.1, 0.15) is 0 Å². The van der Waals surface area contributed by atoms with Crippen LogP contribution in [0, 0.1) is 0 Å². The highest BCUT2D eigenvalue weighted by Crippen LogP contribution is 2.17. The molecule has 178 valence electrons. The molecular formula is C28H45N3O. The van der Waals surface area contributed by atoms with Crippen molar-refractivity contribution in [3.05, 3.63) is 83.8 Å². The number of morpholine rings is 1. The summed E-state index contributed by atoms with van der Waals surface area (Å²) in [5, 5.41) is 3.27. The molecule has 0 saturated carbocycles. The van der Waals surface area contributed by atoms with Crippen LogP contribution >= 0.6 is 0 Å². The SMILES string of the molecule is C=C(/C=C\C=C/C)CC.C=C(C)C(C)=N/C(CN1CCOCC1)=C(C)/C(=C\C=C/C)NC. The van der Waals surface area contributed by atoms with Gasteiger partial charge in [-0.3, -0.25) is 9.89 Å². The van der Waals surface area contributed by atoms with Crippen LogP contribution in [0.3, 0.4) is 0 Å². The Balaban J connectivity index is 0.000000900. The molecule has 1 N–H and O–H groups in total. The predicted molar refractivity (Wildman–Crippen MR) is 143 cm³/mol. The van der Waals surface area contributed by atoms with Crippen LogP contribution in [0.2, 0.25) is 0 Å². The van der Waals surface area contributed by atoms with Crippen molar-refractivity contribution >= 4 is 5.71 Å². The molecule has 1 heterocycles. The number of hydrogen-bond acceptors (Lipinski definition) is 4. The Hall–Kier alpha value is -2.43. The summed E-state index contributed by atoms with van der Waals surface area (Å²) in [5.74, 6) is 0. The van der Waals surface area contributed by atoms with Crippen LogP contribution in [-0.4, -0.2) is 50.5 Å². The number of likely N-dealkylation sites (N-methyl/N-ethyl adjacent to an activating group) is 1. The van der Waals surface area contributed by atoms with Crippen molar-refractivity contribution in [1.29, 1.82) is 0 Å². The van der Waals surface area contributed by atoms with Crippen molar-refractivity contribution in [3.63, 3.8) is 0 Å². The number of nitrogens with one attached hydrogen (secondary N) is 1. The minimum absolute atomic E-state index is 0.794. The van der Waals surface area contributed by atoms with E-state index in [1.54, 1.807) is 0 Å². The normalized spacial score (nSPS) is 16.8. The van der Waals surface area contributed by atoms with E-state index < -0.39 is 0 Å². The second-order valence-corrected chi connectivity index (χ2v) is 7.69. The lowest BCUT2D eigenvalue weighted by Gasteiger charge is -2.27. The monoisotopic (exact) mass is 439 g/mol. The second-order valence-electron chi connectivity index (χ2n) is 7.69. The molecule has 0 spiro atoms. The Labute approximate surface area is 197 Å². The zero-order valence-corrected chi connectivity index (χ0v) is 21.5. The summed E-state index contributed by atoms with van der Waals surface area (Å²) in [6.07, 6.45) is 15.2. The topological polar surface area (TPSA) is 36.9 Å². The molecule has 0 atom stereocenters. The number of ether oxygens (including phenoxy) is 1. The van der Waals surface area contributed by atoms with E-state index in [1.165, 1.54) is 5.57 Å². The molecule has 0 aromatic rings. The molecule has 4 nitrogen and oxygen atoms in total. The Morgan fingerprint density at radius 2 is 1.66 bits per heavy atom. The number of aliphatic imine (C=N–C) groups is 1. The highest BCUT2D eigenvalue weighted by atomic mass is 16.5. The standard InChI is InChI=1S/C19H31N3O.C9H14/c1-7-8-9-18(20-6)16(4)19(21-17(5)15(2)3)14-22-10-12-23-13-11-22;1-4-6-7-8-9(3)5-2/h7-9,20H,2,10-14H2,1,3-6H3;4,6-8H,3,5H2,1-2H3/b8-7-,18-9+,19-16+,21-17?;6-4-,8-7-. The Bertz CT molecular complexity index is 758. The number of nitrogens with zero attached hydrogens (tertiary/aromatic N) is 2. The molecule has 0 bridgehead atoms. The van der Waals surface area contributed by atoms with Gasteiger partial charge in [-0.05, 0) is 58.3 Å². The van der Waals surface area contributed by atoms with Crippen molar-refractivity contribution in [2.75, 3.05) is 39.9 Å². The van der Waals surface area contributed by atoms with Crippen molar-refractivity contribution in [2.24, 2.45) is 4.99 Å². The zero-order valence-electron chi connectivity index (χ0n) is 21.5. The van der Waals surface area contributed by atoms with E-state index in [0.717, 1.165) is 67.5 Å². The maximum atomic E-state index is 5.44. The van der Waals surface area contributed by atoms with E-state index in [2.05, 4.69) is 43.3 Å². The quantitative estimate of drug-likeness (QED) is 0.316. The smallest absolute Gasteiger partial charge is 0.0596 e. The molecule has 32 heavy (non-hydrogen) atoms. The first-order valence-corrected chi connectivity index (χ1v) is 11.5. The minimum Gasteiger partial charge on any atom is -0.388 e. The maximum absolute atomic E-state index is 5.44. The number of allylic oxidation sites excluding steroid dienone is 10. The molecular weight excluding hydrogens is 394 g/mol. The summed E-state index contributed by atoms with van der Waals surface area (Å²) in [7, 11) is 1.94. The summed E-state index contributed by atoms with van der Waals surface area (Å²) < 4.78 is 5.44. The van der Waals surface area contributed by atoms with Gasteiger partial charge in [0.15, 0.2) is 0 Å². The number of hydrogen-bond donors (Lipinski definition) is 1. The van der Waals surface area contributed by atoms with Gasteiger partial charge in [0.05, 0.1) is 18.9 Å². The molecule has 0 radical (unpaired) electrons. The van der Waals surface area contributed by atoms with E-state index >= 15 is 0 Å². The molecule has 0 amide bonds. The lowest BCUT2D eigenvalue weighted by atomic mass is 10.1. The summed E-state index contributed by atoms with van der Waals surface area (Å²) >= 11 is 0. The Morgan fingerprint density at radius 3 is 2.16 bits per heavy atom. The van der Waals surface area contributed by atoms with Gasteiger partial charge in [0.25, 0.3) is 0 Å². The average Bonchev–Trinajstić information content (AvgIpc) is 2.80. The third-order valence-electron chi connectivity index (χ3n) is 5.05. The van der Waals surface area contributed by atoms with E-state index in [0.29, 0.717) is 0 Å². The Morgan fingerprint density at radius 1 is 1.03 bits per heavy atom. The third-order valence-corrected chi connectivity index (χ3v) is 5.05. The summed E-state index contributed by atoms with van der Waals surface area (Å²) in [4.78, 5) is 7.25. The molecule has 1 fully saturated rings. The largest absolute Gasteiger partial charge is 0.388 e. The van der Waals surface area contributed by atoms with Crippen LogP contribution < -0.4 is 5.32 Å². The third kappa shape index (κ3) is 13.1.